The van der Waals surface area contributed by atoms with Gasteiger partial charge >= 0.3 is 0 Å². The van der Waals surface area contributed by atoms with E-state index in [1.54, 1.807) is 0 Å². The van der Waals surface area contributed by atoms with Gasteiger partial charge in [-0.2, -0.15) is 11.8 Å². The van der Waals surface area contributed by atoms with Crippen LogP contribution in [0.5, 0.6) is 5.75 Å². The summed E-state index contributed by atoms with van der Waals surface area (Å²) in [7, 11) is 2.11. The number of thioether (sulfide) groups is 1. The molecule has 0 spiro atoms. The Morgan fingerprint density at radius 3 is 2.56 bits per heavy atom. The van der Waals surface area contributed by atoms with Crippen LogP contribution in [0.25, 0.3) is 0 Å². The van der Waals surface area contributed by atoms with Crippen LogP contribution in [0.15, 0.2) is 24.3 Å². The Morgan fingerprint density at radius 1 is 1.25 bits per heavy atom. The fraction of sp³-hybridized carbons (Fsp3) is 0.500. The van der Waals surface area contributed by atoms with Crippen molar-refractivity contribution < 1.29 is 4.74 Å². The monoisotopic (exact) mass is 240 g/mol. The SMILES string of the molecule is CSCCN(C)CCOc1ccc(N)cc1. The molecular weight excluding hydrogens is 220 g/mol. The van der Waals surface area contributed by atoms with E-state index >= 15 is 0 Å². The molecule has 4 heteroatoms. The fourth-order valence-electron chi connectivity index (χ4n) is 1.24. The molecule has 1 aromatic rings. The number of nitrogens with zero attached hydrogens (tertiary/aromatic N) is 1. The topological polar surface area (TPSA) is 38.5 Å². The maximum Gasteiger partial charge on any atom is 0.119 e. The van der Waals surface area contributed by atoms with Gasteiger partial charge in [-0.05, 0) is 37.6 Å². The van der Waals surface area contributed by atoms with Gasteiger partial charge in [0.05, 0.1) is 0 Å². The largest absolute Gasteiger partial charge is 0.492 e. The van der Waals surface area contributed by atoms with Gasteiger partial charge in [0.2, 0.25) is 0 Å². The number of hydrogen-bond donors (Lipinski definition) is 1. The summed E-state index contributed by atoms with van der Waals surface area (Å²) in [5, 5.41) is 0. The van der Waals surface area contributed by atoms with Crippen LogP contribution in [0.1, 0.15) is 0 Å². The third-order valence-electron chi connectivity index (χ3n) is 2.30. The van der Waals surface area contributed by atoms with Crippen molar-refractivity contribution in [2.45, 2.75) is 0 Å². The first-order valence-electron chi connectivity index (χ1n) is 5.38. The van der Waals surface area contributed by atoms with E-state index < -0.39 is 0 Å². The number of nitrogens with two attached hydrogens (primary N) is 1. The zero-order valence-corrected chi connectivity index (χ0v) is 10.8. The number of benzene rings is 1. The molecule has 2 N–H and O–H groups in total. The van der Waals surface area contributed by atoms with Crippen LogP contribution in [0.3, 0.4) is 0 Å². The van der Waals surface area contributed by atoms with Crippen LogP contribution >= 0.6 is 11.8 Å². The summed E-state index contributed by atoms with van der Waals surface area (Å²) in [4.78, 5) is 2.27. The van der Waals surface area contributed by atoms with E-state index in [0.29, 0.717) is 0 Å². The minimum atomic E-state index is 0.717. The van der Waals surface area contributed by atoms with Crippen LogP contribution < -0.4 is 10.5 Å². The van der Waals surface area contributed by atoms with Crippen LogP contribution in [-0.2, 0) is 0 Å². The van der Waals surface area contributed by atoms with Crippen molar-refractivity contribution in [3.63, 3.8) is 0 Å². The molecule has 0 bridgehead atoms. The molecule has 0 aliphatic rings. The molecule has 1 rings (SSSR count). The van der Waals surface area contributed by atoms with Gasteiger partial charge in [-0.15, -0.1) is 0 Å². The van der Waals surface area contributed by atoms with Crippen molar-refractivity contribution in [3.05, 3.63) is 24.3 Å². The summed E-state index contributed by atoms with van der Waals surface area (Å²) in [6, 6.07) is 7.51. The molecule has 0 heterocycles. The molecule has 0 aliphatic carbocycles. The quantitative estimate of drug-likeness (QED) is 0.739. The minimum Gasteiger partial charge on any atom is -0.492 e. The van der Waals surface area contributed by atoms with Crippen molar-refractivity contribution >= 4 is 17.4 Å². The molecule has 0 saturated heterocycles. The highest BCUT2D eigenvalue weighted by Gasteiger charge is 1.98. The third kappa shape index (κ3) is 5.28. The summed E-state index contributed by atoms with van der Waals surface area (Å²) in [6.45, 7) is 2.77. The van der Waals surface area contributed by atoms with Crippen molar-refractivity contribution in [2.75, 3.05) is 44.5 Å². The second kappa shape index (κ2) is 7.41. The molecule has 0 aromatic heterocycles. The lowest BCUT2D eigenvalue weighted by Crippen LogP contribution is -2.26. The third-order valence-corrected chi connectivity index (χ3v) is 2.89. The predicted molar refractivity (Wildman–Crippen MR) is 72.2 cm³/mol. The normalized spacial score (nSPS) is 10.7. The van der Waals surface area contributed by atoms with Gasteiger partial charge < -0.3 is 15.4 Å². The summed E-state index contributed by atoms with van der Waals surface area (Å²) in [5.74, 6) is 2.05. The molecule has 1 aromatic carbocycles. The maximum atomic E-state index is 5.61. The van der Waals surface area contributed by atoms with Crippen molar-refractivity contribution in [2.24, 2.45) is 0 Å². The lowest BCUT2D eigenvalue weighted by Gasteiger charge is -2.16. The molecule has 0 atom stereocenters. The Morgan fingerprint density at radius 2 is 1.94 bits per heavy atom. The van der Waals surface area contributed by atoms with E-state index in [9.17, 15) is 0 Å². The maximum absolute atomic E-state index is 5.61. The smallest absolute Gasteiger partial charge is 0.119 e. The minimum absolute atomic E-state index is 0.717. The van der Waals surface area contributed by atoms with Crippen molar-refractivity contribution in [1.29, 1.82) is 0 Å². The zero-order chi connectivity index (χ0) is 11.8. The molecule has 0 unspecified atom stereocenters. The lowest BCUT2D eigenvalue weighted by atomic mass is 10.3. The average molecular weight is 240 g/mol. The molecule has 0 saturated carbocycles. The average Bonchev–Trinajstić information content (AvgIpc) is 2.29. The van der Waals surface area contributed by atoms with Crippen LogP contribution in [0, 0.1) is 0 Å². The second-order valence-corrected chi connectivity index (χ2v) is 4.70. The number of rotatable bonds is 7. The number of nitrogen functional groups attached to an aromatic ring is 1. The summed E-state index contributed by atoms with van der Waals surface area (Å²) in [5.41, 5.74) is 6.36. The van der Waals surface area contributed by atoms with Crippen LogP contribution in [0.4, 0.5) is 5.69 Å². The number of ether oxygens (including phenoxy) is 1. The first kappa shape index (κ1) is 13.2. The Balaban J connectivity index is 2.17. The molecule has 90 valence electrons. The molecule has 0 amide bonds. The fourth-order valence-corrected chi connectivity index (χ4v) is 1.74. The molecule has 0 fully saturated rings. The summed E-state index contributed by atoms with van der Waals surface area (Å²) < 4.78 is 5.61. The number of anilines is 1. The molecule has 0 radical (unpaired) electrons. The Bertz CT molecular complexity index is 290. The highest BCUT2D eigenvalue weighted by atomic mass is 32.2. The van der Waals surface area contributed by atoms with Gasteiger partial charge in [0.15, 0.2) is 0 Å². The molecule has 0 aliphatic heterocycles. The molecule has 16 heavy (non-hydrogen) atoms. The van der Waals surface area contributed by atoms with Gasteiger partial charge in [0.25, 0.3) is 0 Å². The second-order valence-electron chi connectivity index (χ2n) is 3.71. The van der Waals surface area contributed by atoms with Gasteiger partial charge in [-0.1, -0.05) is 0 Å². The van der Waals surface area contributed by atoms with Crippen molar-refractivity contribution in [1.82, 2.24) is 4.90 Å². The van der Waals surface area contributed by atoms with E-state index in [2.05, 4.69) is 18.2 Å². The van der Waals surface area contributed by atoms with E-state index in [-0.39, 0.29) is 0 Å². The van der Waals surface area contributed by atoms with E-state index in [1.165, 1.54) is 5.75 Å². The molecular formula is C12H20N2OS. The first-order valence-corrected chi connectivity index (χ1v) is 6.77. The standard InChI is InChI=1S/C12H20N2OS/c1-14(8-10-16-2)7-9-15-12-5-3-11(13)4-6-12/h3-6H,7-10,13H2,1-2H3. The highest BCUT2D eigenvalue weighted by molar-refractivity contribution is 7.98. The van der Waals surface area contributed by atoms with Crippen LogP contribution in [0.2, 0.25) is 0 Å². The van der Waals surface area contributed by atoms with Crippen LogP contribution in [-0.4, -0.2) is 43.7 Å². The summed E-state index contributed by atoms with van der Waals surface area (Å²) >= 11 is 1.87. The highest BCUT2D eigenvalue weighted by Crippen LogP contribution is 2.12. The first-order chi connectivity index (χ1) is 7.72. The van der Waals surface area contributed by atoms with E-state index in [1.807, 2.05) is 36.0 Å². The Kier molecular flexibility index (Phi) is 6.11. The van der Waals surface area contributed by atoms with Gasteiger partial charge in [-0.25, -0.2) is 0 Å². The van der Waals surface area contributed by atoms with Crippen molar-refractivity contribution in [3.8, 4) is 5.75 Å². The summed E-state index contributed by atoms with van der Waals surface area (Å²) in [6.07, 6.45) is 2.12. The number of likely N-dealkylation sites (N-methyl/N-ethyl adjacent to an activating group) is 1. The van der Waals surface area contributed by atoms with Gasteiger partial charge in [-0.3, -0.25) is 0 Å². The Labute approximate surface area is 102 Å². The number of hydrogen-bond acceptors (Lipinski definition) is 4. The van der Waals surface area contributed by atoms with Gasteiger partial charge in [0.1, 0.15) is 12.4 Å². The predicted octanol–water partition coefficient (Wildman–Crippen LogP) is 1.94. The van der Waals surface area contributed by atoms with Gasteiger partial charge in [0, 0.05) is 24.5 Å². The zero-order valence-electron chi connectivity index (χ0n) is 9.98. The van der Waals surface area contributed by atoms with E-state index in [4.69, 9.17) is 10.5 Å². The lowest BCUT2D eigenvalue weighted by molar-refractivity contribution is 0.245. The van der Waals surface area contributed by atoms with E-state index in [0.717, 1.165) is 31.1 Å². The molecule has 3 nitrogen and oxygen atoms in total. The Hall–Kier alpha value is -0.870.